The van der Waals surface area contributed by atoms with Crippen molar-refractivity contribution in [2.24, 2.45) is 5.92 Å². The molecule has 0 amide bonds. The van der Waals surface area contributed by atoms with E-state index in [1.54, 1.807) is 0 Å². The number of piperazine rings is 1. The fraction of sp³-hybridized carbons (Fsp3) is 0.647. The quantitative estimate of drug-likeness (QED) is 0.860. The monoisotopic (exact) mass is 275 g/mol. The highest BCUT2D eigenvalue weighted by atomic mass is 15.3. The van der Waals surface area contributed by atoms with Gasteiger partial charge < -0.3 is 10.2 Å². The van der Waals surface area contributed by atoms with E-state index in [1.807, 2.05) is 0 Å². The molecule has 112 valence electrons. The van der Waals surface area contributed by atoms with Crippen molar-refractivity contribution in [2.75, 3.05) is 44.2 Å². The smallest absolute Gasteiger partial charge is 0.0367 e. The Kier molecular flexibility index (Phi) is 5.86. The van der Waals surface area contributed by atoms with Crippen molar-refractivity contribution in [1.82, 2.24) is 10.2 Å². The molecule has 0 bridgehead atoms. The maximum absolute atomic E-state index is 3.47. The number of para-hydroxylation sites is 1. The lowest BCUT2D eigenvalue weighted by Gasteiger charge is -2.41. The highest BCUT2D eigenvalue weighted by Gasteiger charge is 2.24. The average Bonchev–Trinajstić information content (AvgIpc) is 2.53. The number of rotatable bonds is 6. The first-order valence-electron chi connectivity index (χ1n) is 7.97. The van der Waals surface area contributed by atoms with Gasteiger partial charge in [-0.05, 0) is 38.1 Å². The molecule has 3 nitrogen and oxygen atoms in total. The minimum Gasteiger partial charge on any atom is -0.369 e. The van der Waals surface area contributed by atoms with Crippen LogP contribution in [0, 0.1) is 5.92 Å². The summed E-state index contributed by atoms with van der Waals surface area (Å²) in [5, 5.41) is 3.47. The van der Waals surface area contributed by atoms with E-state index in [-0.39, 0.29) is 0 Å². The standard InChI is InChI=1S/C17H29N3/c1-4-18-14-15(2)16(3)19-10-12-20(13-11-19)17-8-6-5-7-9-17/h5-9,15-16,18H,4,10-14H2,1-3H3. The zero-order chi connectivity index (χ0) is 14.4. The highest BCUT2D eigenvalue weighted by Crippen LogP contribution is 2.18. The van der Waals surface area contributed by atoms with Crippen molar-refractivity contribution in [1.29, 1.82) is 0 Å². The van der Waals surface area contributed by atoms with Crippen molar-refractivity contribution in [3.63, 3.8) is 0 Å². The van der Waals surface area contributed by atoms with E-state index in [0.29, 0.717) is 12.0 Å². The van der Waals surface area contributed by atoms with Gasteiger partial charge in [0, 0.05) is 37.9 Å². The van der Waals surface area contributed by atoms with E-state index >= 15 is 0 Å². The third kappa shape index (κ3) is 3.97. The molecule has 1 saturated heterocycles. The summed E-state index contributed by atoms with van der Waals surface area (Å²) in [4.78, 5) is 5.14. The predicted molar refractivity (Wildman–Crippen MR) is 87.4 cm³/mol. The summed E-state index contributed by atoms with van der Waals surface area (Å²) in [6, 6.07) is 11.4. The van der Waals surface area contributed by atoms with Gasteiger partial charge >= 0.3 is 0 Å². The lowest BCUT2D eigenvalue weighted by molar-refractivity contribution is 0.151. The Labute approximate surface area is 124 Å². The molecule has 20 heavy (non-hydrogen) atoms. The van der Waals surface area contributed by atoms with Crippen molar-refractivity contribution in [2.45, 2.75) is 26.8 Å². The van der Waals surface area contributed by atoms with Gasteiger partial charge in [0.25, 0.3) is 0 Å². The fourth-order valence-corrected chi connectivity index (χ4v) is 2.93. The number of hydrogen-bond donors (Lipinski definition) is 1. The van der Waals surface area contributed by atoms with Crippen LogP contribution in [0.1, 0.15) is 20.8 Å². The molecule has 1 aliphatic heterocycles. The molecule has 1 aliphatic rings. The van der Waals surface area contributed by atoms with Gasteiger partial charge in [-0.3, -0.25) is 4.90 Å². The summed E-state index contributed by atoms with van der Waals surface area (Å²) in [5.74, 6) is 0.707. The molecule has 1 N–H and O–H groups in total. The second kappa shape index (κ2) is 7.65. The van der Waals surface area contributed by atoms with Gasteiger partial charge in [-0.25, -0.2) is 0 Å². The molecule has 3 heteroatoms. The van der Waals surface area contributed by atoms with Crippen LogP contribution in [0.3, 0.4) is 0 Å². The summed E-state index contributed by atoms with van der Waals surface area (Å²) >= 11 is 0. The topological polar surface area (TPSA) is 18.5 Å². The van der Waals surface area contributed by atoms with Crippen LogP contribution in [0.15, 0.2) is 30.3 Å². The fourth-order valence-electron chi connectivity index (χ4n) is 2.93. The van der Waals surface area contributed by atoms with E-state index in [1.165, 1.54) is 18.8 Å². The van der Waals surface area contributed by atoms with E-state index < -0.39 is 0 Å². The van der Waals surface area contributed by atoms with Crippen LogP contribution in [0.2, 0.25) is 0 Å². The first kappa shape index (κ1) is 15.3. The second-order valence-electron chi connectivity index (χ2n) is 5.88. The van der Waals surface area contributed by atoms with Crippen LogP contribution < -0.4 is 10.2 Å². The Bertz CT molecular complexity index is 371. The molecule has 1 heterocycles. The minimum atomic E-state index is 0.659. The first-order valence-corrected chi connectivity index (χ1v) is 7.97. The van der Waals surface area contributed by atoms with Gasteiger partial charge in [0.05, 0.1) is 0 Å². The van der Waals surface area contributed by atoms with Gasteiger partial charge in [0.15, 0.2) is 0 Å². The van der Waals surface area contributed by atoms with Gasteiger partial charge in [-0.1, -0.05) is 32.0 Å². The number of hydrogen-bond acceptors (Lipinski definition) is 3. The van der Waals surface area contributed by atoms with E-state index in [9.17, 15) is 0 Å². The largest absolute Gasteiger partial charge is 0.369 e. The number of nitrogens with zero attached hydrogens (tertiary/aromatic N) is 2. The molecule has 2 rings (SSSR count). The third-order valence-electron chi connectivity index (χ3n) is 4.55. The molecule has 1 fully saturated rings. The molecule has 0 spiro atoms. The summed E-state index contributed by atoms with van der Waals surface area (Å²) in [6.07, 6.45) is 0. The van der Waals surface area contributed by atoms with Crippen LogP contribution in [0.4, 0.5) is 5.69 Å². The maximum atomic E-state index is 3.47. The number of anilines is 1. The molecule has 0 radical (unpaired) electrons. The number of benzene rings is 1. The van der Waals surface area contributed by atoms with Gasteiger partial charge in [0.2, 0.25) is 0 Å². The average molecular weight is 275 g/mol. The molecule has 0 aliphatic carbocycles. The van der Waals surface area contributed by atoms with Gasteiger partial charge in [-0.2, -0.15) is 0 Å². The van der Waals surface area contributed by atoms with Crippen LogP contribution in [0.5, 0.6) is 0 Å². The van der Waals surface area contributed by atoms with E-state index in [0.717, 1.165) is 26.2 Å². The lowest BCUT2D eigenvalue weighted by atomic mass is 10.0. The SMILES string of the molecule is CCNCC(C)C(C)N1CCN(c2ccccc2)CC1. The second-order valence-corrected chi connectivity index (χ2v) is 5.88. The molecule has 0 aromatic heterocycles. The summed E-state index contributed by atoms with van der Waals surface area (Å²) < 4.78 is 0. The molecule has 2 atom stereocenters. The van der Waals surface area contributed by atoms with Crippen molar-refractivity contribution < 1.29 is 0 Å². The van der Waals surface area contributed by atoms with Crippen LogP contribution in [-0.4, -0.2) is 50.2 Å². The van der Waals surface area contributed by atoms with E-state index in [2.05, 4.69) is 66.2 Å². The van der Waals surface area contributed by atoms with Crippen molar-refractivity contribution >= 4 is 5.69 Å². The van der Waals surface area contributed by atoms with Crippen molar-refractivity contribution in [3.05, 3.63) is 30.3 Å². The minimum absolute atomic E-state index is 0.659. The molecule has 1 aromatic rings. The maximum Gasteiger partial charge on any atom is 0.0367 e. The lowest BCUT2D eigenvalue weighted by Crippen LogP contribution is -2.52. The predicted octanol–water partition coefficient (Wildman–Crippen LogP) is 2.44. The van der Waals surface area contributed by atoms with Gasteiger partial charge in [-0.15, -0.1) is 0 Å². The summed E-state index contributed by atoms with van der Waals surface area (Å²) in [5.41, 5.74) is 1.36. The van der Waals surface area contributed by atoms with Crippen LogP contribution in [-0.2, 0) is 0 Å². The Morgan fingerprint density at radius 3 is 2.30 bits per heavy atom. The Morgan fingerprint density at radius 2 is 1.70 bits per heavy atom. The van der Waals surface area contributed by atoms with Crippen LogP contribution >= 0.6 is 0 Å². The third-order valence-corrected chi connectivity index (χ3v) is 4.55. The van der Waals surface area contributed by atoms with Crippen LogP contribution in [0.25, 0.3) is 0 Å². The first-order chi connectivity index (χ1) is 9.72. The normalized spacial score (nSPS) is 19.9. The summed E-state index contributed by atoms with van der Waals surface area (Å²) in [7, 11) is 0. The Balaban J connectivity index is 1.82. The molecule has 2 unspecified atom stereocenters. The summed E-state index contributed by atoms with van der Waals surface area (Å²) in [6.45, 7) is 13.7. The van der Waals surface area contributed by atoms with E-state index in [4.69, 9.17) is 0 Å². The number of nitrogens with one attached hydrogen (secondary N) is 1. The Morgan fingerprint density at radius 1 is 1.05 bits per heavy atom. The zero-order valence-electron chi connectivity index (χ0n) is 13.2. The van der Waals surface area contributed by atoms with Crippen molar-refractivity contribution in [3.8, 4) is 0 Å². The molecular formula is C17H29N3. The zero-order valence-corrected chi connectivity index (χ0v) is 13.2. The molecule has 0 saturated carbocycles. The molecule has 1 aromatic carbocycles. The van der Waals surface area contributed by atoms with Gasteiger partial charge in [0.1, 0.15) is 0 Å². The molecular weight excluding hydrogens is 246 g/mol. The highest BCUT2D eigenvalue weighted by molar-refractivity contribution is 5.46. The Hall–Kier alpha value is -1.06.